The highest BCUT2D eigenvalue weighted by atomic mass is 32.1. The minimum atomic E-state index is 0.565. The van der Waals surface area contributed by atoms with E-state index in [1.54, 1.807) is 4.88 Å². The van der Waals surface area contributed by atoms with E-state index in [0.717, 1.165) is 5.92 Å². The summed E-state index contributed by atoms with van der Waals surface area (Å²) in [7, 11) is 0. The zero-order valence-corrected chi connectivity index (χ0v) is 10.8. The smallest absolute Gasteiger partial charge is 0.110 e. The topological polar surface area (TPSA) is 24.9 Å². The van der Waals surface area contributed by atoms with Crippen LogP contribution in [0.15, 0.2) is 0 Å². The lowest BCUT2D eigenvalue weighted by Crippen LogP contribution is -2.13. The third-order valence-electron chi connectivity index (χ3n) is 3.99. The zero-order chi connectivity index (χ0) is 11.0. The van der Waals surface area contributed by atoms with Crippen LogP contribution in [0.25, 0.3) is 0 Å². The Morgan fingerprint density at radius 3 is 3.12 bits per heavy atom. The third-order valence-corrected chi connectivity index (χ3v) is 5.23. The van der Waals surface area contributed by atoms with Crippen molar-refractivity contribution in [2.45, 2.75) is 51.5 Å². The van der Waals surface area contributed by atoms with Crippen molar-refractivity contribution in [2.75, 3.05) is 6.54 Å². The lowest BCUT2D eigenvalue weighted by Gasteiger charge is -2.18. The van der Waals surface area contributed by atoms with Crippen LogP contribution in [0.2, 0.25) is 0 Å². The van der Waals surface area contributed by atoms with Gasteiger partial charge in [-0.3, -0.25) is 0 Å². The third kappa shape index (κ3) is 1.91. The van der Waals surface area contributed by atoms with E-state index in [-0.39, 0.29) is 0 Å². The van der Waals surface area contributed by atoms with Gasteiger partial charge in [0.15, 0.2) is 0 Å². The van der Waals surface area contributed by atoms with Crippen LogP contribution in [0.3, 0.4) is 0 Å². The Hall–Kier alpha value is -0.410. The molecule has 1 saturated heterocycles. The summed E-state index contributed by atoms with van der Waals surface area (Å²) in [5.41, 5.74) is 1.42. The van der Waals surface area contributed by atoms with Gasteiger partial charge in [-0.25, -0.2) is 4.98 Å². The van der Waals surface area contributed by atoms with E-state index in [4.69, 9.17) is 4.98 Å². The summed E-state index contributed by atoms with van der Waals surface area (Å²) in [4.78, 5) is 6.44. The number of rotatable bonds is 2. The molecular formula is C13H20N2S. The van der Waals surface area contributed by atoms with E-state index < -0.39 is 0 Å². The predicted molar refractivity (Wildman–Crippen MR) is 67.9 cm³/mol. The summed E-state index contributed by atoms with van der Waals surface area (Å²) in [6.07, 6.45) is 7.78. The summed E-state index contributed by atoms with van der Waals surface area (Å²) in [6.45, 7) is 3.49. The molecule has 3 rings (SSSR count). The number of nitrogens with one attached hydrogen (secondary N) is 1. The van der Waals surface area contributed by atoms with Gasteiger partial charge in [-0.2, -0.15) is 0 Å². The predicted octanol–water partition coefficient (Wildman–Crippen LogP) is 3.08. The summed E-state index contributed by atoms with van der Waals surface area (Å²) >= 11 is 1.98. The molecule has 2 unspecified atom stereocenters. The first-order valence-corrected chi connectivity index (χ1v) is 7.40. The zero-order valence-electron chi connectivity index (χ0n) is 9.96. The second-order valence-corrected chi connectivity index (χ2v) is 6.20. The van der Waals surface area contributed by atoms with Crippen molar-refractivity contribution in [3.8, 4) is 0 Å². The molecule has 2 heterocycles. The molecule has 0 spiro atoms. The van der Waals surface area contributed by atoms with Gasteiger partial charge < -0.3 is 5.32 Å². The number of aryl methyl sites for hydroxylation is 1. The Morgan fingerprint density at radius 2 is 2.38 bits per heavy atom. The molecule has 88 valence electrons. The van der Waals surface area contributed by atoms with Crippen LogP contribution < -0.4 is 5.32 Å². The maximum absolute atomic E-state index is 4.86. The van der Waals surface area contributed by atoms with Crippen molar-refractivity contribution in [3.63, 3.8) is 0 Å². The van der Waals surface area contributed by atoms with Gasteiger partial charge in [-0.15, -0.1) is 11.3 Å². The van der Waals surface area contributed by atoms with Crippen LogP contribution in [-0.4, -0.2) is 11.5 Å². The summed E-state index contributed by atoms with van der Waals surface area (Å²) in [5, 5.41) is 4.92. The van der Waals surface area contributed by atoms with Crippen molar-refractivity contribution in [2.24, 2.45) is 5.92 Å². The molecule has 1 fully saturated rings. The van der Waals surface area contributed by atoms with Gasteiger partial charge in [0.1, 0.15) is 5.01 Å². The molecule has 0 saturated carbocycles. The van der Waals surface area contributed by atoms with E-state index in [9.17, 15) is 0 Å². The highest BCUT2D eigenvalue weighted by molar-refractivity contribution is 7.11. The Labute approximate surface area is 101 Å². The van der Waals surface area contributed by atoms with Crippen LogP contribution >= 0.6 is 11.3 Å². The van der Waals surface area contributed by atoms with Crippen molar-refractivity contribution < 1.29 is 0 Å². The molecule has 0 aromatic carbocycles. The van der Waals surface area contributed by atoms with Crippen molar-refractivity contribution in [1.29, 1.82) is 0 Å². The van der Waals surface area contributed by atoms with Crippen molar-refractivity contribution in [3.05, 3.63) is 15.6 Å². The van der Waals surface area contributed by atoms with Crippen LogP contribution in [0.4, 0.5) is 0 Å². The molecule has 1 aliphatic carbocycles. The first kappa shape index (κ1) is 10.7. The molecule has 0 amide bonds. The number of hydrogen-bond acceptors (Lipinski definition) is 3. The minimum absolute atomic E-state index is 0.565. The monoisotopic (exact) mass is 236 g/mol. The van der Waals surface area contributed by atoms with E-state index in [1.165, 1.54) is 55.8 Å². The Balaban J connectivity index is 1.80. The van der Waals surface area contributed by atoms with E-state index in [1.807, 2.05) is 11.3 Å². The van der Waals surface area contributed by atoms with Crippen molar-refractivity contribution in [1.82, 2.24) is 10.3 Å². The number of aromatic nitrogens is 1. The second-order valence-electron chi connectivity index (χ2n) is 5.09. The first-order chi connectivity index (χ1) is 7.86. The highest BCUT2D eigenvalue weighted by Crippen LogP contribution is 2.35. The fourth-order valence-corrected chi connectivity index (χ4v) is 4.19. The van der Waals surface area contributed by atoms with Gasteiger partial charge in [0.25, 0.3) is 0 Å². The number of fused-ring (bicyclic) bond motifs is 1. The molecular weight excluding hydrogens is 216 g/mol. The first-order valence-electron chi connectivity index (χ1n) is 6.58. The maximum atomic E-state index is 4.86. The van der Waals surface area contributed by atoms with Gasteiger partial charge in [-0.1, -0.05) is 13.3 Å². The second kappa shape index (κ2) is 4.46. The van der Waals surface area contributed by atoms with Crippen LogP contribution in [-0.2, 0) is 12.8 Å². The van der Waals surface area contributed by atoms with Crippen molar-refractivity contribution >= 4 is 11.3 Å². The molecule has 0 radical (unpaired) electrons. The fraction of sp³-hybridized carbons (Fsp3) is 0.769. The molecule has 2 atom stereocenters. The quantitative estimate of drug-likeness (QED) is 0.853. The van der Waals surface area contributed by atoms with E-state index >= 15 is 0 Å². The highest BCUT2D eigenvalue weighted by Gasteiger charge is 2.25. The standard InChI is InChI=1S/C13H20N2S/c1-2-9-5-6-10-12(8-9)16-13(15-10)11-4-3-7-14-11/h9,11,14H,2-8H2,1H3. The number of thiazole rings is 1. The molecule has 1 aliphatic heterocycles. The van der Waals surface area contributed by atoms with Gasteiger partial charge >= 0.3 is 0 Å². The summed E-state index contributed by atoms with van der Waals surface area (Å²) in [6, 6.07) is 0.565. The Bertz CT molecular complexity index is 366. The normalized spacial score (nSPS) is 29.3. The lowest BCUT2D eigenvalue weighted by atomic mass is 9.89. The molecule has 1 aromatic heterocycles. The van der Waals surface area contributed by atoms with Crippen LogP contribution in [0.5, 0.6) is 0 Å². The van der Waals surface area contributed by atoms with E-state index in [0.29, 0.717) is 6.04 Å². The molecule has 0 bridgehead atoms. The minimum Gasteiger partial charge on any atom is -0.308 e. The lowest BCUT2D eigenvalue weighted by molar-refractivity contribution is 0.445. The van der Waals surface area contributed by atoms with Gasteiger partial charge in [0.05, 0.1) is 11.7 Å². The maximum Gasteiger partial charge on any atom is 0.110 e. The fourth-order valence-electron chi connectivity index (χ4n) is 2.86. The number of nitrogens with zero attached hydrogens (tertiary/aromatic N) is 1. The van der Waals surface area contributed by atoms with Gasteiger partial charge in [-0.05, 0) is 44.6 Å². The largest absolute Gasteiger partial charge is 0.308 e. The SMILES string of the molecule is CCC1CCc2nc(C3CCCN3)sc2C1. The molecule has 1 N–H and O–H groups in total. The summed E-state index contributed by atoms with van der Waals surface area (Å²) in [5.74, 6) is 0.914. The Kier molecular flexibility index (Phi) is 2.99. The average molecular weight is 236 g/mol. The molecule has 2 aliphatic rings. The summed E-state index contributed by atoms with van der Waals surface area (Å²) < 4.78 is 0. The Morgan fingerprint density at radius 1 is 1.44 bits per heavy atom. The molecule has 1 aromatic rings. The molecule has 2 nitrogen and oxygen atoms in total. The number of hydrogen-bond donors (Lipinski definition) is 1. The molecule has 3 heteroatoms. The van der Waals surface area contributed by atoms with Gasteiger partial charge in [0, 0.05) is 4.88 Å². The average Bonchev–Trinajstić information content (AvgIpc) is 2.96. The van der Waals surface area contributed by atoms with Crippen LogP contribution in [0.1, 0.15) is 54.2 Å². The van der Waals surface area contributed by atoms with Crippen LogP contribution in [0, 0.1) is 5.92 Å². The molecule has 16 heavy (non-hydrogen) atoms. The van der Waals surface area contributed by atoms with E-state index in [2.05, 4.69) is 12.2 Å². The van der Waals surface area contributed by atoms with Gasteiger partial charge in [0.2, 0.25) is 0 Å².